The quantitative estimate of drug-likeness (QED) is 0.743. The fourth-order valence-electron chi connectivity index (χ4n) is 2.62. The van der Waals surface area contributed by atoms with Gasteiger partial charge in [-0.2, -0.15) is 5.10 Å². The summed E-state index contributed by atoms with van der Waals surface area (Å²) in [6.07, 6.45) is 2.84. The predicted octanol–water partition coefficient (Wildman–Crippen LogP) is 1.94. The molecule has 0 atom stereocenters. The van der Waals surface area contributed by atoms with Gasteiger partial charge >= 0.3 is 0 Å². The van der Waals surface area contributed by atoms with E-state index in [0.29, 0.717) is 29.7 Å². The number of carbonyl (C=O) groups excluding carboxylic acids is 1. The normalized spacial score (nSPS) is 11.7. The molecule has 8 heteroatoms. The Morgan fingerprint density at radius 2 is 2.00 bits per heavy atom. The summed E-state index contributed by atoms with van der Waals surface area (Å²) >= 11 is 0. The molecule has 0 saturated carbocycles. The zero-order valence-corrected chi connectivity index (χ0v) is 15.6. The van der Waals surface area contributed by atoms with Gasteiger partial charge in [0.2, 0.25) is 5.91 Å². The molecule has 0 aliphatic carbocycles. The van der Waals surface area contributed by atoms with Gasteiger partial charge < -0.3 is 5.32 Å². The number of benzene rings is 1. The van der Waals surface area contributed by atoms with Gasteiger partial charge in [0.05, 0.1) is 19.3 Å². The van der Waals surface area contributed by atoms with Crippen LogP contribution in [0.25, 0.3) is 11.0 Å². The summed E-state index contributed by atoms with van der Waals surface area (Å²) in [6.45, 7) is 6.39. The number of aromatic nitrogens is 4. The lowest BCUT2D eigenvalue weighted by atomic mass is 9.96. The van der Waals surface area contributed by atoms with Gasteiger partial charge in [0.15, 0.2) is 5.65 Å². The number of nitrogens with one attached hydrogen (secondary N) is 1. The average Bonchev–Trinajstić information content (AvgIpc) is 3.02. The Labute approximate surface area is 155 Å². The first-order valence-electron chi connectivity index (χ1n) is 8.70. The molecule has 1 N–H and O–H groups in total. The highest BCUT2D eigenvalue weighted by molar-refractivity contribution is 5.81. The molecule has 3 rings (SSSR count). The van der Waals surface area contributed by atoms with Gasteiger partial charge in [-0.15, -0.1) is 0 Å². The number of fused-ring (bicyclic) bond motifs is 1. The molecule has 1 aromatic carbocycles. The van der Waals surface area contributed by atoms with Gasteiger partial charge in [-0.25, -0.2) is 14.1 Å². The van der Waals surface area contributed by atoms with Crippen LogP contribution in [0, 0.1) is 11.2 Å². The molecule has 0 radical (unpaired) electrons. The maximum absolute atomic E-state index is 13.8. The minimum atomic E-state index is -0.467. The van der Waals surface area contributed by atoms with Gasteiger partial charge in [0, 0.05) is 17.5 Å². The summed E-state index contributed by atoms with van der Waals surface area (Å²) < 4.78 is 16.8. The molecule has 0 saturated heterocycles. The Hall–Kier alpha value is -3.03. The van der Waals surface area contributed by atoms with Crippen LogP contribution in [0.5, 0.6) is 0 Å². The van der Waals surface area contributed by atoms with Crippen LogP contribution in [0.4, 0.5) is 4.39 Å². The maximum atomic E-state index is 13.8. The molecule has 7 nitrogen and oxygen atoms in total. The van der Waals surface area contributed by atoms with Crippen molar-refractivity contribution in [2.45, 2.75) is 33.9 Å². The third-order valence-electron chi connectivity index (χ3n) is 4.21. The Morgan fingerprint density at radius 1 is 1.26 bits per heavy atom. The molecule has 142 valence electrons. The third kappa shape index (κ3) is 4.05. The van der Waals surface area contributed by atoms with E-state index in [9.17, 15) is 14.0 Å². The SMILES string of the molecule is CC(C)(C)C(=O)NCCn1ncc2c(=O)n(Cc3ccccc3F)cnc21. The molecule has 0 aliphatic heterocycles. The number of hydrogen-bond acceptors (Lipinski definition) is 4. The van der Waals surface area contributed by atoms with Gasteiger partial charge in [-0.1, -0.05) is 39.0 Å². The van der Waals surface area contributed by atoms with Crippen molar-refractivity contribution in [3.8, 4) is 0 Å². The molecular formula is C19H22FN5O2. The minimum Gasteiger partial charge on any atom is -0.354 e. The van der Waals surface area contributed by atoms with Crippen LogP contribution in [0.3, 0.4) is 0 Å². The second-order valence-electron chi connectivity index (χ2n) is 7.38. The van der Waals surface area contributed by atoms with Crippen molar-refractivity contribution in [3.63, 3.8) is 0 Å². The van der Waals surface area contributed by atoms with E-state index in [1.165, 1.54) is 23.2 Å². The van der Waals surface area contributed by atoms with E-state index in [1.807, 2.05) is 20.8 Å². The number of nitrogens with zero attached hydrogens (tertiary/aromatic N) is 4. The molecule has 1 amide bonds. The summed E-state index contributed by atoms with van der Waals surface area (Å²) in [4.78, 5) is 28.9. The van der Waals surface area contributed by atoms with Crippen LogP contribution in [0.1, 0.15) is 26.3 Å². The summed E-state index contributed by atoms with van der Waals surface area (Å²) in [5.74, 6) is -0.422. The lowest BCUT2D eigenvalue weighted by molar-refractivity contribution is -0.128. The lowest BCUT2D eigenvalue weighted by Gasteiger charge is -2.17. The molecule has 2 heterocycles. The summed E-state index contributed by atoms with van der Waals surface area (Å²) in [6, 6.07) is 6.31. The van der Waals surface area contributed by atoms with Gasteiger partial charge in [-0.05, 0) is 6.07 Å². The monoisotopic (exact) mass is 371 g/mol. The van der Waals surface area contributed by atoms with Crippen molar-refractivity contribution in [3.05, 3.63) is 58.5 Å². The fraction of sp³-hybridized carbons (Fsp3) is 0.368. The topological polar surface area (TPSA) is 81.8 Å². The summed E-state index contributed by atoms with van der Waals surface area (Å²) in [5.41, 5.74) is 0.103. The van der Waals surface area contributed by atoms with Crippen molar-refractivity contribution in [1.29, 1.82) is 0 Å². The smallest absolute Gasteiger partial charge is 0.264 e. The van der Waals surface area contributed by atoms with Gasteiger partial charge in [0.25, 0.3) is 5.56 Å². The van der Waals surface area contributed by atoms with Crippen LogP contribution < -0.4 is 10.9 Å². The number of halogens is 1. The average molecular weight is 371 g/mol. The predicted molar refractivity (Wildman–Crippen MR) is 99.8 cm³/mol. The number of hydrogen-bond donors (Lipinski definition) is 1. The van der Waals surface area contributed by atoms with Crippen LogP contribution in [0.15, 0.2) is 41.6 Å². The molecule has 3 aromatic rings. The largest absolute Gasteiger partial charge is 0.354 e. The second kappa shape index (κ2) is 7.30. The number of rotatable bonds is 5. The van der Waals surface area contributed by atoms with E-state index in [1.54, 1.807) is 22.9 Å². The maximum Gasteiger partial charge on any atom is 0.264 e. The Morgan fingerprint density at radius 3 is 2.70 bits per heavy atom. The lowest BCUT2D eigenvalue weighted by Crippen LogP contribution is -2.36. The van der Waals surface area contributed by atoms with E-state index in [4.69, 9.17) is 0 Å². The molecule has 2 aromatic heterocycles. The van der Waals surface area contributed by atoms with Crippen molar-refractivity contribution in [2.75, 3.05) is 6.54 Å². The van der Waals surface area contributed by atoms with Crippen LogP contribution >= 0.6 is 0 Å². The van der Waals surface area contributed by atoms with E-state index >= 15 is 0 Å². The zero-order chi connectivity index (χ0) is 19.6. The number of amides is 1. The van der Waals surface area contributed by atoms with Crippen molar-refractivity contribution in [1.82, 2.24) is 24.6 Å². The van der Waals surface area contributed by atoms with Crippen LogP contribution in [-0.2, 0) is 17.9 Å². The van der Waals surface area contributed by atoms with E-state index in [2.05, 4.69) is 15.4 Å². The fourth-order valence-corrected chi connectivity index (χ4v) is 2.62. The molecule has 0 bridgehead atoms. The summed E-state index contributed by atoms with van der Waals surface area (Å²) in [5, 5.41) is 7.39. The van der Waals surface area contributed by atoms with Gasteiger partial charge in [0.1, 0.15) is 17.5 Å². The zero-order valence-electron chi connectivity index (χ0n) is 15.6. The Bertz CT molecular complexity index is 1030. The molecule has 0 unspecified atom stereocenters. The first kappa shape index (κ1) is 18.8. The molecule has 0 aliphatic rings. The first-order valence-corrected chi connectivity index (χ1v) is 8.70. The van der Waals surface area contributed by atoms with Crippen LogP contribution in [-0.4, -0.2) is 31.8 Å². The minimum absolute atomic E-state index is 0.0563. The highest BCUT2D eigenvalue weighted by Gasteiger charge is 2.20. The molecule has 0 spiro atoms. The first-order chi connectivity index (χ1) is 12.8. The second-order valence-corrected chi connectivity index (χ2v) is 7.38. The van der Waals surface area contributed by atoms with Crippen molar-refractivity contribution >= 4 is 16.9 Å². The van der Waals surface area contributed by atoms with Crippen LogP contribution in [0.2, 0.25) is 0 Å². The molecular weight excluding hydrogens is 349 g/mol. The third-order valence-corrected chi connectivity index (χ3v) is 4.21. The van der Waals surface area contributed by atoms with E-state index in [-0.39, 0.29) is 23.8 Å². The van der Waals surface area contributed by atoms with E-state index in [0.717, 1.165) is 0 Å². The molecule has 27 heavy (non-hydrogen) atoms. The highest BCUT2D eigenvalue weighted by Crippen LogP contribution is 2.12. The summed E-state index contributed by atoms with van der Waals surface area (Å²) in [7, 11) is 0. The highest BCUT2D eigenvalue weighted by atomic mass is 19.1. The van der Waals surface area contributed by atoms with Gasteiger partial charge in [-0.3, -0.25) is 14.2 Å². The van der Waals surface area contributed by atoms with E-state index < -0.39 is 5.41 Å². The number of carbonyl (C=O) groups is 1. The Kier molecular flexibility index (Phi) is 5.07. The standard InChI is InChI=1S/C19H22FN5O2/c1-19(2,3)18(27)21-8-9-25-16-14(10-23-25)17(26)24(12-22-16)11-13-6-4-5-7-15(13)20/h4-7,10,12H,8-9,11H2,1-3H3,(H,21,27). The Balaban J connectivity index is 1.78. The van der Waals surface area contributed by atoms with Crippen molar-refractivity contribution in [2.24, 2.45) is 5.41 Å². The van der Waals surface area contributed by atoms with Crippen molar-refractivity contribution < 1.29 is 9.18 Å². The molecule has 0 fully saturated rings.